The lowest BCUT2D eigenvalue weighted by Gasteiger charge is -2.30. The fourth-order valence-electron chi connectivity index (χ4n) is 1.57. The van der Waals surface area contributed by atoms with Gasteiger partial charge in [-0.15, -0.1) is 0 Å². The first-order valence-electron chi connectivity index (χ1n) is 4.97. The van der Waals surface area contributed by atoms with Gasteiger partial charge in [0, 0.05) is 25.4 Å². The molecule has 1 rings (SSSR count). The minimum absolute atomic E-state index is 0.158. The third kappa shape index (κ3) is 3.30. The van der Waals surface area contributed by atoms with Crippen LogP contribution in [0, 0.1) is 5.92 Å². The van der Waals surface area contributed by atoms with Gasteiger partial charge in [0.2, 0.25) is 0 Å². The highest BCUT2D eigenvalue weighted by molar-refractivity contribution is 7.87. The first-order chi connectivity index (χ1) is 7.90. The summed E-state index contributed by atoms with van der Waals surface area (Å²) < 4.78 is 30.5. The maximum absolute atomic E-state index is 11.7. The average Bonchev–Trinajstić information content (AvgIpc) is 2.28. The Morgan fingerprint density at radius 2 is 2.29 bits per heavy atom. The van der Waals surface area contributed by atoms with Crippen LogP contribution in [0.1, 0.15) is 13.3 Å². The van der Waals surface area contributed by atoms with Crippen molar-refractivity contribution in [3.8, 4) is 0 Å². The maximum Gasteiger partial charge on any atom is 0.421 e. The van der Waals surface area contributed by atoms with E-state index >= 15 is 0 Å². The summed E-state index contributed by atoms with van der Waals surface area (Å²) in [5, 5.41) is 11.8. The van der Waals surface area contributed by atoms with Gasteiger partial charge in [-0.05, 0) is 0 Å². The number of oxime groups is 1. The van der Waals surface area contributed by atoms with E-state index in [-0.39, 0.29) is 19.0 Å². The Labute approximate surface area is 99.4 Å². The predicted molar refractivity (Wildman–Crippen MR) is 59.0 cm³/mol. The second-order valence-electron chi connectivity index (χ2n) is 3.70. The van der Waals surface area contributed by atoms with Gasteiger partial charge in [-0.2, -0.15) is 12.7 Å². The van der Waals surface area contributed by atoms with Crippen LogP contribution >= 0.6 is 0 Å². The molecule has 0 bridgehead atoms. The summed E-state index contributed by atoms with van der Waals surface area (Å²) in [6, 6.07) is 0. The largest absolute Gasteiger partial charge is 0.452 e. The van der Waals surface area contributed by atoms with Gasteiger partial charge >= 0.3 is 16.3 Å². The maximum atomic E-state index is 11.7. The first kappa shape index (κ1) is 13.7. The van der Waals surface area contributed by atoms with Gasteiger partial charge in [-0.1, -0.05) is 12.1 Å². The van der Waals surface area contributed by atoms with Gasteiger partial charge in [-0.3, -0.25) is 0 Å². The molecule has 8 nitrogen and oxygen atoms in total. The molecule has 0 radical (unpaired) electrons. The molecule has 9 heteroatoms. The Morgan fingerprint density at radius 1 is 1.65 bits per heavy atom. The number of hydrogen-bond donors (Lipinski definition) is 2. The smallest absolute Gasteiger partial charge is 0.421 e. The van der Waals surface area contributed by atoms with E-state index in [1.807, 2.05) is 0 Å². The lowest BCUT2D eigenvalue weighted by atomic mass is 10.00. The van der Waals surface area contributed by atoms with E-state index in [0.29, 0.717) is 12.1 Å². The number of piperidine rings is 1. The number of ether oxygens (including phenoxy) is 1. The normalized spacial score (nSPS) is 24.6. The SMILES string of the molecule is COC(=O)NS(=O)(=O)N1CCC(=NO)C(C)C1. The molecule has 2 N–H and O–H groups in total. The minimum Gasteiger partial charge on any atom is -0.452 e. The van der Waals surface area contributed by atoms with Crippen LogP contribution in [0.25, 0.3) is 0 Å². The van der Waals surface area contributed by atoms with Crippen LogP contribution in [0.3, 0.4) is 0 Å². The lowest BCUT2D eigenvalue weighted by molar-refractivity contribution is 0.176. The molecular weight excluding hydrogens is 250 g/mol. The van der Waals surface area contributed by atoms with Crippen molar-refractivity contribution in [3.63, 3.8) is 0 Å². The summed E-state index contributed by atoms with van der Waals surface area (Å²) >= 11 is 0. The quantitative estimate of drug-likeness (QED) is 0.529. The number of methoxy groups -OCH3 is 1. The van der Waals surface area contributed by atoms with E-state index in [2.05, 4.69) is 9.89 Å². The van der Waals surface area contributed by atoms with E-state index in [4.69, 9.17) is 5.21 Å². The zero-order chi connectivity index (χ0) is 13.1. The summed E-state index contributed by atoms with van der Waals surface area (Å²) in [6.07, 6.45) is -0.695. The lowest BCUT2D eigenvalue weighted by Crippen LogP contribution is -2.49. The number of nitrogens with one attached hydrogen (secondary N) is 1. The molecule has 98 valence electrons. The average molecular weight is 265 g/mol. The van der Waals surface area contributed by atoms with E-state index in [0.717, 1.165) is 11.4 Å². The van der Waals surface area contributed by atoms with Crippen molar-refractivity contribution < 1.29 is 23.2 Å². The van der Waals surface area contributed by atoms with Crippen LogP contribution in [-0.4, -0.2) is 49.9 Å². The van der Waals surface area contributed by atoms with E-state index in [1.165, 1.54) is 0 Å². The molecular formula is C8H15N3O5S. The fraction of sp³-hybridized carbons (Fsp3) is 0.750. The van der Waals surface area contributed by atoms with Crippen molar-refractivity contribution in [2.75, 3.05) is 20.2 Å². The molecule has 1 amide bonds. The molecule has 0 saturated carbocycles. The van der Waals surface area contributed by atoms with E-state index in [9.17, 15) is 13.2 Å². The Morgan fingerprint density at radius 3 is 2.76 bits per heavy atom. The van der Waals surface area contributed by atoms with Crippen LogP contribution in [0.5, 0.6) is 0 Å². The summed E-state index contributed by atoms with van der Waals surface area (Å²) in [5.41, 5.74) is 0.550. The van der Waals surface area contributed by atoms with Crippen LogP contribution in [-0.2, 0) is 14.9 Å². The second kappa shape index (κ2) is 5.32. The predicted octanol–water partition coefficient (Wildman–Crippen LogP) is -0.241. The highest BCUT2D eigenvalue weighted by atomic mass is 32.2. The summed E-state index contributed by atoms with van der Waals surface area (Å²) in [4.78, 5) is 10.9. The molecule has 0 aromatic rings. The Bertz CT molecular complexity index is 419. The van der Waals surface area contributed by atoms with Gasteiger partial charge in [0.15, 0.2) is 0 Å². The molecule has 1 atom stereocenters. The fourth-order valence-corrected chi connectivity index (χ4v) is 2.74. The second-order valence-corrected chi connectivity index (χ2v) is 5.37. The molecule has 1 fully saturated rings. The summed E-state index contributed by atoms with van der Waals surface area (Å²) in [5.74, 6) is -0.192. The third-order valence-electron chi connectivity index (χ3n) is 2.53. The van der Waals surface area contributed by atoms with Gasteiger partial charge in [0.1, 0.15) is 0 Å². The summed E-state index contributed by atoms with van der Waals surface area (Å²) in [6.45, 7) is 2.07. The molecule has 1 heterocycles. The van der Waals surface area contributed by atoms with Crippen LogP contribution < -0.4 is 4.72 Å². The Hall–Kier alpha value is -1.35. The monoisotopic (exact) mass is 265 g/mol. The van der Waals surface area contributed by atoms with E-state index in [1.54, 1.807) is 11.6 Å². The molecule has 1 aliphatic heterocycles. The molecule has 0 aliphatic carbocycles. The zero-order valence-corrected chi connectivity index (χ0v) is 10.4. The number of carbonyl (C=O) groups excluding carboxylic acids is 1. The highest BCUT2D eigenvalue weighted by Crippen LogP contribution is 2.16. The highest BCUT2D eigenvalue weighted by Gasteiger charge is 2.31. The van der Waals surface area contributed by atoms with Crippen molar-refractivity contribution in [2.45, 2.75) is 13.3 Å². The molecule has 17 heavy (non-hydrogen) atoms. The molecule has 1 aliphatic rings. The van der Waals surface area contributed by atoms with Crippen molar-refractivity contribution in [1.82, 2.24) is 9.03 Å². The Kier molecular flexibility index (Phi) is 4.29. The number of rotatable bonds is 2. The number of hydrogen-bond acceptors (Lipinski definition) is 6. The van der Waals surface area contributed by atoms with Crippen molar-refractivity contribution in [1.29, 1.82) is 0 Å². The summed E-state index contributed by atoms with van der Waals surface area (Å²) in [7, 11) is -2.80. The molecule has 0 aromatic carbocycles. The molecule has 0 aromatic heterocycles. The van der Waals surface area contributed by atoms with Gasteiger partial charge < -0.3 is 9.94 Å². The van der Waals surface area contributed by atoms with Crippen molar-refractivity contribution >= 4 is 22.0 Å². The number of amides is 1. The zero-order valence-electron chi connectivity index (χ0n) is 9.58. The Balaban J connectivity index is 2.72. The first-order valence-corrected chi connectivity index (χ1v) is 6.41. The van der Waals surface area contributed by atoms with Crippen LogP contribution in [0.15, 0.2) is 5.16 Å². The van der Waals surface area contributed by atoms with Gasteiger partial charge in [-0.25, -0.2) is 9.52 Å². The standard InChI is InChI=1S/C8H15N3O5S/c1-6-5-11(4-3-7(6)9-13)17(14,15)10-8(12)16-2/h6,13H,3-5H2,1-2H3,(H,10,12). The topological polar surface area (TPSA) is 108 Å². The van der Waals surface area contributed by atoms with E-state index < -0.39 is 16.3 Å². The molecule has 1 saturated heterocycles. The molecule has 0 spiro atoms. The molecule has 1 unspecified atom stereocenters. The number of carbonyl (C=O) groups is 1. The van der Waals surface area contributed by atoms with Crippen molar-refractivity contribution in [2.24, 2.45) is 11.1 Å². The van der Waals surface area contributed by atoms with Gasteiger partial charge in [0.05, 0.1) is 12.8 Å². The third-order valence-corrected chi connectivity index (χ3v) is 3.97. The minimum atomic E-state index is -3.89. The van der Waals surface area contributed by atoms with Crippen molar-refractivity contribution in [3.05, 3.63) is 0 Å². The number of nitrogens with zero attached hydrogens (tertiary/aromatic N) is 2. The van der Waals surface area contributed by atoms with Gasteiger partial charge in [0.25, 0.3) is 0 Å². The van der Waals surface area contributed by atoms with Crippen LogP contribution in [0.2, 0.25) is 0 Å². The van der Waals surface area contributed by atoms with Crippen LogP contribution in [0.4, 0.5) is 4.79 Å².